The number of thiophene rings is 1. The minimum atomic E-state index is -0.420. The van der Waals surface area contributed by atoms with Crippen LogP contribution in [0.5, 0.6) is 0 Å². The monoisotopic (exact) mass is 362 g/mol. The van der Waals surface area contributed by atoms with Gasteiger partial charge in [0.05, 0.1) is 20.9 Å². The van der Waals surface area contributed by atoms with E-state index in [0.717, 1.165) is 24.0 Å². The number of nitro benzene ring substituents is 1. The lowest BCUT2D eigenvalue weighted by molar-refractivity contribution is -0.384. The SMILES string of the molecule is N#Cc1ccc(N2CCN(Cc3ccc(Cl)s3)CC2)c([N+](=O)[O-])c1. The molecule has 1 aromatic carbocycles. The highest BCUT2D eigenvalue weighted by molar-refractivity contribution is 7.16. The average molecular weight is 363 g/mol. The van der Waals surface area contributed by atoms with Crippen LogP contribution in [0.3, 0.4) is 0 Å². The fourth-order valence-electron chi connectivity index (χ4n) is 2.81. The van der Waals surface area contributed by atoms with E-state index in [1.165, 1.54) is 10.9 Å². The molecule has 0 bridgehead atoms. The number of anilines is 1. The molecule has 1 fully saturated rings. The third-order valence-corrected chi connectivity index (χ3v) is 5.24. The van der Waals surface area contributed by atoms with Gasteiger partial charge in [-0.25, -0.2) is 0 Å². The van der Waals surface area contributed by atoms with Crippen molar-refractivity contribution in [2.75, 3.05) is 31.1 Å². The predicted octanol–water partition coefficient (Wildman–Crippen LogP) is 3.50. The summed E-state index contributed by atoms with van der Waals surface area (Å²) in [6.45, 7) is 3.93. The van der Waals surface area contributed by atoms with E-state index in [2.05, 4.69) is 4.90 Å². The number of piperazine rings is 1. The molecule has 0 atom stereocenters. The van der Waals surface area contributed by atoms with E-state index in [4.69, 9.17) is 16.9 Å². The molecule has 8 heteroatoms. The van der Waals surface area contributed by atoms with E-state index in [0.29, 0.717) is 24.3 Å². The first-order valence-corrected chi connectivity index (χ1v) is 8.66. The summed E-state index contributed by atoms with van der Waals surface area (Å²) in [6, 6.07) is 10.5. The van der Waals surface area contributed by atoms with E-state index < -0.39 is 4.92 Å². The summed E-state index contributed by atoms with van der Waals surface area (Å²) in [5, 5.41) is 20.2. The molecule has 1 saturated heterocycles. The second-order valence-electron chi connectivity index (χ2n) is 5.54. The maximum atomic E-state index is 11.3. The lowest BCUT2D eigenvalue weighted by Crippen LogP contribution is -2.46. The molecule has 6 nitrogen and oxygen atoms in total. The van der Waals surface area contributed by atoms with E-state index in [1.807, 2.05) is 23.1 Å². The lowest BCUT2D eigenvalue weighted by atomic mass is 10.1. The van der Waals surface area contributed by atoms with Crippen LogP contribution in [-0.4, -0.2) is 36.0 Å². The van der Waals surface area contributed by atoms with E-state index in [9.17, 15) is 10.1 Å². The van der Waals surface area contributed by atoms with Crippen molar-refractivity contribution < 1.29 is 4.92 Å². The number of halogens is 1. The van der Waals surface area contributed by atoms with Crippen molar-refractivity contribution >= 4 is 34.3 Å². The molecule has 3 rings (SSSR count). The molecule has 0 N–H and O–H groups in total. The van der Waals surface area contributed by atoms with E-state index in [1.54, 1.807) is 23.5 Å². The van der Waals surface area contributed by atoms with Gasteiger partial charge in [-0.3, -0.25) is 15.0 Å². The van der Waals surface area contributed by atoms with Crippen molar-refractivity contribution in [3.05, 3.63) is 55.2 Å². The largest absolute Gasteiger partial charge is 0.363 e. The van der Waals surface area contributed by atoms with Crippen LogP contribution in [0.25, 0.3) is 0 Å². The molecule has 0 amide bonds. The van der Waals surface area contributed by atoms with Crippen molar-refractivity contribution in [3.8, 4) is 6.07 Å². The highest BCUT2D eigenvalue weighted by Crippen LogP contribution is 2.30. The minimum Gasteiger partial charge on any atom is -0.363 e. The second-order valence-corrected chi connectivity index (χ2v) is 7.34. The Morgan fingerprint density at radius 1 is 1.25 bits per heavy atom. The van der Waals surface area contributed by atoms with Crippen molar-refractivity contribution in [2.24, 2.45) is 0 Å². The number of nitrogens with zero attached hydrogens (tertiary/aromatic N) is 4. The first-order chi connectivity index (χ1) is 11.6. The van der Waals surface area contributed by atoms with Gasteiger partial charge in [0, 0.05) is 43.7 Å². The van der Waals surface area contributed by atoms with Crippen molar-refractivity contribution in [2.45, 2.75) is 6.54 Å². The van der Waals surface area contributed by atoms with Crippen molar-refractivity contribution in [3.63, 3.8) is 0 Å². The number of rotatable bonds is 4. The molecule has 0 saturated carbocycles. The summed E-state index contributed by atoms with van der Waals surface area (Å²) in [6.07, 6.45) is 0. The highest BCUT2D eigenvalue weighted by atomic mass is 35.5. The van der Waals surface area contributed by atoms with Gasteiger partial charge in [-0.1, -0.05) is 11.6 Å². The molecule has 2 aromatic rings. The molecule has 0 spiro atoms. The Morgan fingerprint density at radius 2 is 2.00 bits per heavy atom. The molecule has 2 heterocycles. The van der Waals surface area contributed by atoms with Gasteiger partial charge in [-0.2, -0.15) is 5.26 Å². The number of nitro groups is 1. The van der Waals surface area contributed by atoms with Crippen LogP contribution < -0.4 is 4.90 Å². The fourth-order valence-corrected chi connectivity index (χ4v) is 3.94. The smallest absolute Gasteiger partial charge is 0.293 e. The number of hydrogen-bond acceptors (Lipinski definition) is 6. The zero-order valence-electron chi connectivity index (χ0n) is 12.8. The second kappa shape index (κ2) is 7.18. The normalized spacial score (nSPS) is 15.2. The van der Waals surface area contributed by atoms with Gasteiger partial charge >= 0.3 is 0 Å². The maximum Gasteiger partial charge on any atom is 0.293 e. The lowest BCUT2D eigenvalue weighted by Gasteiger charge is -2.35. The quantitative estimate of drug-likeness (QED) is 0.614. The first-order valence-electron chi connectivity index (χ1n) is 7.47. The molecule has 0 radical (unpaired) electrons. The van der Waals surface area contributed by atoms with Crippen LogP contribution in [0.4, 0.5) is 11.4 Å². The molecule has 24 heavy (non-hydrogen) atoms. The molecular formula is C16H15ClN4O2S. The van der Waals surface area contributed by atoms with Crippen LogP contribution in [0, 0.1) is 21.4 Å². The van der Waals surface area contributed by atoms with Crippen LogP contribution in [0.2, 0.25) is 4.34 Å². The molecular weight excluding hydrogens is 348 g/mol. The van der Waals surface area contributed by atoms with Gasteiger partial charge < -0.3 is 4.90 Å². The minimum absolute atomic E-state index is 0.00691. The Labute approximate surface area is 148 Å². The summed E-state index contributed by atoms with van der Waals surface area (Å²) >= 11 is 7.54. The first kappa shape index (κ1) is 16.7. The van der Waals surface area contributed by atoms with Crippen LogP contribution in [-0.2, 0) is 6.54 Å². The Kier molecular flexibility index (Phi) is 5.00. The number of hydrogen-bond donors (Lipinski definition) is 0. The third kappa shape index (κ3) is 3.67. The predicted molar refractivity (Wildman–Crippen MR) is 94.6 cm³/mol. The zero-order valence-corrected chi connectivity index (χ0v) is 14.4. The van der Waals surface area contributed by atoms with Gasteiger partial charge in [-0.05, 0) is 24.3 Å². The van der Waals surface area contributed by atoms with Gasteiger partial charge in [0.25, 0.3) is 5.69 Å². The molecule has 124 valence electrons. The van der Waals surface area contributed by atoms with Crippen molar-refractivity contribution in [1.29, 1.82) is 5.26 Å². The average Bonchev–Trinajstić information content (AvgIpc) is 3.00. The zero-order chi connectivity index (χ0) is 17.1. The Hall–Kier alpha value is -2.14. The van der Waals surface area contributed by atoms with Crippen LogP contribution in [0.1, 0.15) is 10.4 Å². The fraction of sp³-hybridized carbons (Fsp3) is 0.312. The summed E-state index contributed by atoms with van der Waals surface area (Å²) in [5.41, 5.74) is 0.879. The summed E-state index contributed by atoms with van der Waals surface area (Å²) in [5.74, 6) is 0. The Morgan fingerprint density at radius 3 is 2.58 bits per heavy atom. The van der Waals surface area contributed by atoms with Crippen LogP contribution >= 0.6 is 22.9 Å². The summed E-state index contributed by atoms with van der Waals surface area (Å²) in [7, 11) is 0. The molecule has 1 aliphatic rings. The van der Waals surface area contributed by atoms with Crippen LogP contribution in [0.15, 0.2) is 30.3 Å². The van der Waals surface area contributed by atoms with E-state index >= 15 is 0 Å². The van der Waals surface area contributed by atoms with Gasteiger partial charge in [0.1, 0.15) is 5.69 Å². The topological polar surface area (TPSA) is 73.4 Å². The van der Waals surface area contributed by atoms with Crippen molar-refractivity contribution in [1.82, 2.24) is 4.90 Å². The summed E-state index contributed by atoms with van der Waals surface area (Å²) < 4.78 is 0.789. The standard InChI is InChI=1S/C16H15ClN4O2S/c17-16-4-2-13(24-16)11-19-5-7-20(8-6-19)14-3-1-12(10-18)9-15(14)21(22)23/h1-4,9H,5-8,11H2. The number of benzene rings is 1. The summed E-state index contributed by atoms with van der Waals surface area (Å²) in [4.78, 5) is 16.4. The van der Waals surface area contributed by atoms with E-state index in [-0.39, 0.29) is 5.69 Å². The van der Waals surface area contributed by atoms with Gasteiger partial charge in [0.15, 0.2) is 0 Å². The third-order valence-electron chi connectivity index (χ3n) is 4.02. The Bertz CT molecular complexity index is 794. The molecule has 0 aliphatic carbocycles. The molecule has 1 aromatic heterocycles. The molecule has 0 unspecified atom stereocenters. The van der Waals surface area contributed by atoms with Gasteiger partial charge in [0.2, 0.25) is 0 Å². The highest BCUT2D eigenvalue weighted by Gasteiger charge is 2.24. The maximum absolute atomic E-state index is 11.3. The Balaban J connectivity index is 1.68. The number of nitriles is 1. The van der Waals surface area contributed by atoms with Gasteiger partial charge in [-0.15, -0.1) is 11.3 Å². The molecule has 1 aliphatic heterocycles.